The summed E-state index contributed by atoms with van der Waals surface area (Å²) in [5, 5.41) is 21.6. The molecular weight excluding hydrogens is 754 g/mol. The molecule has 58 heavy (non-hydrogen) atoms. The van der Waals surface area contributed by atoms with Gasteiger partial charge in [0.1, 0.15) is 22.9 Å². The molecule has 3 N–H and O–H groups in total. The van der Waals surface area contributed by atoms with Crippen molar-refractivity contribution in [3.05, 3.63) is 78.0 Å². The number of imidazole rings is 1. The minimum absolute atomic E-state index is 0.194. The number of nitrogens with zero attached hydrogens (tertiary/aromatic N) is 8. The smallest absolute Gasteiger partial charge is 0.386 e. The highest BCUT2D eigenvalue weighted by molar-refractivity contribution is 6.05. The summed E-state index contributed by atoms with van der Waals surface area (Å²) in [6, 6.07) is 10.9. The normalized spacial score (nSPS) is 20.0. The van der Waals surface area contributed by atoms with Crippen LogP contribution in [0.2, 0.25) is 0 Å². The molecule has 0 unspecified atom stereocenters. The van der Waals surface area contributed by atoms with Crippen LogP contribution in [-0.2, 0) is 16.6 Å². The van der Waals surface area contributed by atoms with Crippen molar-refractivity contribution in [1.82, 2.24) is 34.4 Å². The van der Waals surface area contributed by atoms with Crippen molar-refractivity contribution < 1.29 is 32.7 Å². The Morgan fingerprint density at radius 1 is 1.02 bits per heavy atom. The van der Waals surface area contributed by atoms with Crippen molar-refractivity contribution in [1.29, 1.82) is 0 Å². The van der Waals surface area contributed by atoms with Crippen LogP contribution in [0.5, 0.6) is 0 Å². The lowest BCUT2D eigenvalue weighted by Gasteiger charge is -2.40. The van der Waals surface area contributed by atoms with Gasteiger partial charge in [-0.3, -0.25) is 28.9 Å². The largest absolute Gasteiger partial charge is 0.433 e. The third-order valence-electron chi connectivity index (χ3n) is 11.8. The van der Waals surface area contributed by atoms with Crippen LogP contribution >= 0.6 is 0 Å². The number of piperidine rings is 1. The molecule has 4 aromatic heterocycles. The summed E-state index contributed by atoms with van der Waals surface area (Å²) in [6.07, 6.45) is 7.25. The molecule has 0 atom stereocenters. The molecular formula is C41H47F3N10O4. The van der Waals surface area contributed by atoms with Crippen LogP contribution in [0.25, 0.3) is 16.6 Å². The van der Waals surface area contributed by atoms with Gasteiger partial charge in [-0.1, -0.05) is 6.07 Å². The average Bonchev–Trinajstić information content (AvgIpc) is 3.81. The molecule has 5 aromatic rings. The van der Waals surface area contributed by atoms with E-state index in [9.17, 15) is 32.7 Å². The summed E-state index contributed by atoms with van der Waals surface area (Å²) in [5.41, 5.74) is 0.248. The van der Waals surface area contributed by atoms with Gasteiger partial charge in [0.05, 0.1) is 23.4 Å². The predicted molar refractivity (Wildman–Crippen MR) is 212 cm³/mol. The fourth-order valence-corrected chi connectivity index (χ4v) is 8.64. The van der Waals surface area contributed by atoms with E-state index in [4.69, 9.17) is 5.10 Å². The van der Waals surface area contributed by atoms with Crippen LogP contribution in [-0.4, -0.2) is 91.3 Å². The SMILES string of the molecule is CN(C[C@H]1CC[C@H](n2cc3cc(NC(=O)c4cccc(C(F)(F)F)n4)c(C(C)(C)O)cc3n2)CC1)C1CCN(c2ccn3c(N4CCC(=O)NC4=O)cnc3c2)CC1. The third kappa shape index (κ3) is 8.09. The second-order valence-electron chi connectivity index (χ2n) is 16.3. The Labute approximate surface area is 333 Å². The third-order valence-corrected chi connectivity index (χ3v) is 11.8. The molecule has 4 amide bonds. The van der Waals surface area contributed by atoms with E-state index in [1.807, 2.05) is 27.5 Å². The van der Waals surface area contributed by atoms with E-state index in [1.54, 1.807) is 37.1 Å². The molecule has 6 heterocycles. The molecule has 0 bridgehead atoms. The molecule has 1 aromatic carbocycles. The minimum atomic E-state index is -4.69. The lowest BCUT2D eigenvalue weighted by molar-refractivity contribution is -0.141. The van der Waals surface area contributed by atoms with Crippen LogP contribution in [0.3, 0.4) is 0 Å². The van der Waals surface area contributed by atoms with Gasteiger partial charge in [-0.2, -0.15) is 18.3 Å². The van der Waals surface area contributed by atoms with Crippen LogP contribution in [0, 0.1) is 5.92 Å². The quantitative estimate of drug-likeness (QED) is 0.155. The molecule has 1 aliphatic carbocycles. The number of aliphatic hydroxyl groups is 1. The molecule has 306 valence electrons. The van der Waals surface area contributed by atoms with Crippen LogP contribution in [0.4, 0.5) is 35.2 Å². The lowest BCUT2D eigenvalue weighted by Crippen LogP contribution is -2.50. The topological polar surface area (TPSA) is 153 Å². The summed E-state index contributed by atoms with van der Waals surface area (Å²) in [7, 11) is 2.23. The summed E-state index contributed by atoms with van der Waals surface area (Å²) in [6.45, 7) is 6.35. The maximum Gasteiger partial charge on any atom is 0.433 e. The summed E-state index contributed by atoms with van der Waals surface area (Å²) >= 11 is 0. The van der Waals surface area contributed by atoms with Gasteiger partial charge in [0.25, 0.3) is 5.91 Å². The molecule has 1 saturated carbocycles. The first-order chi connectivity index (χ1) is 27.6. The minimum Gasteiger partial charge on any atom is -0.386 e. The van der Waals surface area contributed by atoms with Crippen molar-refractivity contribution >= 4 is 51.6 Å². The molecule has 17 heteroatoms. The maximum atomic E-state index is 13.3. The van der Waals surface area contributed by atoms with E-state index in [0.717, 1.165) is 87.0 Å². The Bertz CT molecular complexity index is 2350. The van der Waals surface area contributed by atoms with Crippen LogP contribution < -0.4 is 20.4 Å². The van der Waals surface area contributed by atoms with Crippen LogP contribution in [0.1, 0.15) is 86.6 Å². The zero-order valence-corrected chi connectivity index (χ0v) is 32.7. The van der Waals surface area contributed by atoms with E-state index in [0.29, 0.717) is 35.4 Å². The van der Waals surface area contributed by atoms with Gasteiger partial charge in [-0.25, -0.2) is 14.8 Å². The number of alkyl halides is 3. The number of carbonyl (C=O) groups excluding carboxylic acids is 3. The number of hydrogen-bond acceptors (Lipinski definition) is 9. The number of halogens is 3. The number of aromatic nitrogens is 5. The molecule has 3 aliphatic rings. The van der Waals surface area contributed by atoms with Crippen molar-refractivity contribution in [3.63, 3.8) is 0 Å². The molecule has 14 nitrogen and oxygen atoms in total. The Morgan fingerprint density at radius 2 is 1.78 bits per heavy atom. The standard InChI is InChI=1S/C41H47F3N10O4/c1-40(2,58)30-21-32-26(19-33(30)47-38(56)31-5-4-6-34(46-31)41(42,43)44)24-54(49-32)28-9-7-25(8-10-28)23-50(3)27-11-15-51(16-12-27)29-13-17-52-35(20-29)45-22-37(52)53-18-14-36(55)48-39(53)57/h4-6,13,17,19-22,24-25,27-28,58H,7-12,14-16,18,23H2,1-3H3,(H,47,56)(H,48,55,57)/t25-,28-. The highest BCUT2D eigenvalue weighted by Gasteiger charge is 2.34. The molecule has 0 radical (unpaired) electrons. The molecule has 0 spiro atoms. The number of fused-ring (bicyclic) bond motifs is 2. The van der Waals surface area contributed by atoms with E-state index in [-0.39, 0.29) is 29.8 Å². The number of urea groups is 1. The zero-order chi connectivity index (χ0) is 40.9. The van der Waals surface area contributed by atoms with Gasteiger partial charge < -0.3 is 20.2 Å². The van der Waals surface area contributed by atoms with Gasteiger partial charge in [0, 0.05) is 79.4 Å². The van der Waals surface area contributed by atoms with Crippen molar-refractivity contribution in [2.24, 2.45) is 5.92 Å². The monoisotopic (exact) mass is 800 g/mol. The first kappa shape index (κ1) is 39.3. The van der Waals surface area contributed by atoms with Gasteiger partial charge in [0.15, 0.2) is 0 Å². The first-order valence-corrected chi connectivity index (χ1v) is 19.8. The van der Waals surface area contributed by atoms with Crippen molar-refractivity contribution in [2.45, 2.75) is 82.7 Å². The van der Waals surface area contributed by atoms with E-state index in [1.165, 1.54) is 6.07 Å². The Kier molecular flexibility index (Phi) is 10.4. The molecule has 8 rings (SSSR count). The summed E-state index contributed by atoms with van der Waals surface area (Å²) in [5.74, 6) is 0.116. The number of benzene rings is 1. The highest BCUT2D eigenvalue weighted by atomic mass is 19.4. The van der Waals surface area contributed by atoms with E-state index in [2.05, 4.69) is 43.5 Å². The molecule has 2 aliphatic heterocycles. The van der Waals surface area contributed by atoms with Gasteiger partial charge in [-0.05, 0) is 95.7 Å². The van der Waals surface area contributed by atoms with E-state index >= 15 is 0 Å². The van der Waals surface area contributed by atoms with Gasteiger partial charge in [-0.15, -0.1) is 0 Å². The number of amides is 4. The number of pyridine rings is 2. The zero-order valence-electron chi connectivity index (χ0n) is 32.7. The predicted octanol–water partition coefficient (Wildman–Crippen LogP) is 6.36. The molecule has 2 saturated heterocycles. The van der Waals surface area contributed by atoms with Crippen molar-refractivity contribution in [2.75, 3.05) is 48.3 Å². The molecule has 3 fully saturated rings. The number of anilines is 3. The summed E-state index contributed by atoms with van der Waals surface area (Å²) in [4.78, 5) is 51.6. The lowest BCUT2D eigenvalue weighted by atomic mass is 9.85. The van der Waals surface area contributed by atoms with Gasteiger partial charge >= 0.3 is 12.2 Å². The Balaban J connectivity index is 0.854. The van der Waals surface area contributed by atoms with Crippen LogP contribution in [0.15, 0.2) is 61.1 Å². The average molecular weight is 801 g/mol. The van der Waals surface area contributed by atoms with E-state index < -0.39 is 29.4 Å². The van der Waals surface area contributed by atoms with Crippen molar-refractivity contribution in [3.8, 4) is 0 Å². The number of rotatable bonds is 9. The summed E-state index contributed by atoms with van der Waals surface area (Å²) < 4.78 is 43.6. The number of carbonyl (C=O) groups is 3. The number of hydrogen-bond donors (Lipinski definition) is 3. The second kappa shape index (κ2) is 15.3. The highest BCUT2D eigenvalue weighted by Crippen LogP contribution is 2.37. The van der Waals surface area contributed by atoms with Gasteiger partial charge in [0.2, 0.25) is 5.91 Å². The Hall–Kier alpha value is -5.55. The first-order valence-electron chi connectivity index (χ1n) is 19.8. The number of nitrogens with one attached hydrogen (secondary N) is 2. The number of imide groups is 1. The Morgan fingerprint density at radius 3 is 2.48 bits per heavy atom. The second-order valence-corrected chi connectivity index (χ2v) is 16.3. The fraction of sp³-hybridized carbons (Fsp3) is 0.463. The fourth-order valence-electron chi connectivity index (χ4n) is 8.64. The maximum absolute atomic E-state index is 13.3.